The van der Waals surface area contributed by atoms with Crippen molar-refractivity contribution < 1.29 is 4.92 Å². The molecule has 0 aliphatic heterocycles. The monoisotopic (exact) mass is 267 g/mol. The average Bonchev–Trinajstić information content (AvgIpc) is 2.28. The number of nitriles is 1. The summed E-state index contributed by atoms with van der Waals surface area (Å²) in [5, 5.41) is 20.1. The summed E-state index contributed by atoms with van der Waals surface area (Å²) in [5.74, 6) is 0. The van der Waals surface area contributed by atoms with Gasteiger partial charge in [-0.15, -0.1) is 0 Å². The number of rotatable bonds is 5. The van der Waals surface area contributed by atoms with Gasteiger partial charge < -0.3 is 0 Å². The predicted molar refractivity (Wildman–Crippen MR) is 69.3 cm³/mol. The van der Waals surface area contributed by atoms with Gasteiger partial charge in [0.15, 0.2) is 0 Å². The SMILES string of the molecule is CC(C)N(CC#N)Cc1cc(Cl)ccc1[N+](=O)[O-]. The molecule has 1 rings (SSSR count). The minimum Gasteiger partial charge on any atom is -0.284 e. The lowest BCUT2D eigenvalue weighted by atomic mass is 10.1. The largest absolute Gasteiger partial charge is 0.284 e. The molecule has 0 atom stereocenters. The first-order chi connectivity index (χ1) is 8.45. The predicted octanol–water partition coefficient (Wildman–Crippen LogP) is 2.98. The third-order valence-corrected chi connectivity index (χ3v) is 2.85. The number of hydrogen-bond donors (Lipinski definition) is 0. The Bertz CT molecular complexity index is 483. The zero-order chi connectivity index (χ0) is 13.7. The molecule has 18 heavy (non-hydrogen) atoms. The van der Waals surface area contributed by atoms with Crippen LogP contribution in [0.2, 0.25) is 5.02 Å². The van der Waals surface area contributed by atoms with Crippen molar-refractivity contribution in [2.24, 2.45) is 0 Å². The Balaban J connectivity index is 3.04. The fourth-order valence-electron chi connectivity index (χ4n) is 1.59. The molecule has 0 radical (unpaired) electrons. The van der Waals surface area contributed by atoms with Crippen LogP contribution in [-0.4, -0.2) is 22.4 Å². The van der Waals surface area contributed by atoms with E-state index >= 15 is 0 Å². The van der Waals surface area contributed by atoms with Gasteiger partial charge in [0.1, 0.15) is 0 Å². The van der Waals surface area contributed by atoms with Gasteiger partial charge in [0, 0.05) is 29.2 Å². The minimum absolute atomic E-state index is 0.0305. The van der Waals surface area contributed by atoms with Crippen molar-refractivity contribution in [1.82, 2.24) is 4.90 Å². The number of nitro groups is 1. The third kappa shape index (κ3) is 3.69. The van der Waals surface area contributed by atoms with Gasteiger partial charge in [-0.1, -0.05) is 11.6 Å². The molecule has 0 spiro atoms. The molecule has 0 amide bonds. The van der Waals surface area contributed by atoms with Crippen LogP contribution < -0.4 is 0 Å². The Morgan fingerprint density at radius 3 is 2.72 bits per heavy atom. The van der Waals surface area contributed by atoms with Gasteiger partial charge in [-0.3, -0.25) is 15.0 Å². The highest BCUT2D eigenvalue weighted by Gasteiger charge is 2.18. The Morgan fingerprint density at radius 2 is 2.22 bits per heavy atom. The fraction of sp³-hybridized carbons (Fsp3) is 0.417. The summed E-state index contributed by atoms with van der Waals surface area (Å²) in [5.41, 5.74) is 0.555. The van der Waals surface area contributed by atoms with Crippen LogP contribution in [0.4, 0.5) is 5.69 Å². The van der Waals surface area contributed by atoms with Crippen LogP contribution in [0.15, 0.2) is 18.2 Å². The molecule has 1 aromatic rings. The lowest BCUT2D eigenvalue weighted by molar-refractivity contribution is -0.385. The zero-order valence-corrected chi connectivity index (χ0v) is 11.0. The molecule has 0 saturated carbocycles. The van der Waals surface area contributed by atoms with Crippen molar-refractivity contribution in [1.29, 1.82) is 5.26 Å². The summed E-state index contributed by atoms with van der Waals surface area (Å²) in [6.45, 7) is 4.44. The first-order valence-electron chi connectivity index (χ1n) is 5.49. The number of halogens is 1. The number of benzene rings is 1. The molecule has 0 bridgehead atoms. The van der Waals surface area contributed by atoms with E-state index in [4.69, 9.17) is 16.9 Å². The number of nitro benzene ring substituents is 1. The lowest BCUT2D eigenvalue weighted by Gasteiger charge is -2.23. The molecular formula is C12H14ClN3O2. The second kappa shape index (κ2) is 6.34. The molecule has 96 valence electrons. The van der Waals surface area contributed by atoms with Gasteiger partial charge in [0.05, 0.1) is 17.5 Å². The number of nitrogens with zero attached hydrogens (tertiary/aromatic N) is 3. The number of hydrogen-bond acceptors (Lipinski definition) is 4. The summed E-state index contributed by atoms with van der Waals surface area (Å²) < 4.78 is 0. The maximum atomic E-state index is 10.9. The maximum Gasteiger partial charge on any atom is 0.273 e. The molecule has 0 unspecified atom stereocenters. The molecule has 0 fully saturated rings. The summed E-state index contributed by atoms with van der Waals surface area (Å²) in [6.07, 6.45) is 0. The second-order valence-electron chi connectivity index (χ2n) is 4.19. The van der Waals surface area contributed by atoms with Crippen LogP contribution in [0, 0.1) is 21.4 Å². The van der Waals surface area contributed by atoms with Gasteiger partial charge in [-0.05, 0) is 26.0 Å². The first kappa shape index (κ1) is 14.4. The van der Waals surface area contributed by atoms with Crippen molar-refractivity contribution in [3.8, 4) is 6.07 Å². The third-order valence-electron chi connectivity index (χ3n) is 2.62. The topological polar surface area (TPSA) is 70.2 Å². The molecule has 5 nitrogen and oxygen atoms in total. The van der Waals surface area contributed by atoms with E-state index < -0.39 is 4.92 Å². The highest BCUT2D eigenvalue weighted by molar-refractivity contribution is 6.30. The van der Waals surface area contributed by atoms with E-state index in [0.717, 1.165) is 0 Å². The standard InChI is InChI=1S/C12H14ClN3O2/c1-9(2)15(6-5-14)8-10-7-11(13)3-4-12(10)16(17)18/h3-4,7,9H,6,8H2,1-2H3. The van der Waals surface area contributed by atoms with Gasteiger partial charge in [-0.2, -0.15) is 5.26 Å². The summed E-state index contributed by atoms with van der Waals surface area (Å²) in [7, 11) is 0. The van der Waals surface area contributed by atoms with E-state index in [0.29, 0.717) is 17.1 Å². The van der Waals surface area contributed by atoms with Crippen LogP contribution in [0.5, 0.6) is 0 Å². The summed E-state index contributed by atoms with van der Waals surface area (Å²) >= 11 is 5.86. The van der Waals surface area contributed by atoms with E-state index in [-0.39, 0.29) is 18.3 Å². The molecule has 1 aromatic carbocycles. The molecule has 6 heteroatoms. The smallest absolute Gasteiger partial charge is 0.273 e. The quantitative estimate of drug-likeness (QED) is 0.467. The highest BCUT2D eigenvalue weighted by Crippen LogP contribution is 2.24. The van der Waals surface area contributed by atoms with Crippen LogP contribution in [0.1, 0.15) is 19.4 Å². The van der Waals surface area contributed by atoms with E-state index in [1.54, 1.807) is 6.07 Å². The Labute approximate surface area is 111 Å². The molecule has 0 aromatic heterocycles. The van der Waals surface area contributed by atoms with Crippen molar-refractivity contribution in [3.05, 3.63) is 38.9 Å². The first-order valence-corrected chi connectivity index (χ1v) is 5.87. The average molecular weight is 268 g/mol. The molecule has 0 aliphatic carbocycles. The highest BCUT2D eigenvalue weighted by atomic mass is 35.5. The van der Waals surface area contributed by atoms with Crippen LogP contribution in [0.25, 0.3) is 0 Å². The van der Waals surface area contributed by atoms with Crippen LogP contribution in [-0.2, 0) is 6.54 Å². The van der Waals surface area contributed by atoms with Gasteiger partial charge in [0.25, 0.3) is 5.69 Å². The van der Waals surface area contributed by atoms with Gasteiger partial charge in [0.2, 0.25) is 0 Å². The molecule has 0 heterocycles. The Hall–Kier alpha value is -1.64. The van der Waals surface area contributed by atoms with E-state index in [1.165, 1.54) is 12.1 Å². The fourth-order valence-corrected chi connectivity index (χ4v) is 1.78. The van der Waals surface area contributed by atoms with Crippen molar-refractivity contribution in [2.75, 3.05) is 6.54 Å². The second-order valence-corrected chi connectivity index (χ2v) is 4.62. The van der Waals surface area contributed by atoms with Gasteiger partial charge in [-0.25, -0.2) is 0 Å². The normalized spacial score (nSPS) is 10.7. The van der Waals surface area contributed by atoms with E-state index in [9.17, 15) is 10.1 Å². The summed E-state index contributed by atoms with van der Waals surface area (Å²) in [6, 6.07) is 6.64. The zero-order valence-electron chi connectivity index (χ0n) is 10.3. The van der Waals surface area contributed by atoms with Crippen LogP contribution >= 0.6 is 11.6 Å². The lowest BCUT2D eigenvalue weighted by Crippen LogP contribution is -2.30. The van der Waals surface area contributed by atoms with E-state index in [2.05, 4.69) is 6.07 Å². The molecule has 0 saturated heterocycles. The Kier molecular flexibility index (Phi) is 5.08. The van der Waals surface area contributed by atoms with E-state index in [1.807, 2.05) is 18.7 Å². The summed E-state index contributed by atoms with van der Waals surface area (Å²) in [4.78, 5) is 12.3. The van der Waals surface area contributed by atoms with Crippen molar-refractivity contribution in [2.45, 2.75) is 26.4 Å². The molecule has 0 N–H and O–H groups in total. The minimum atomic E-state index is -0.434. The Morgan fingerprint density at radius 1 is 1.56 bits per heavy atom. The van der Waals surface area contributed by atoms with Crippen LogP contribution in [0.3, 0.4) is 0 Å². The van der Waals surface area contributed by atoms with Gasteiger partial charge >= 0.3 is 0 Å². The van der Waals surface area contributed by atoms with Crippen molar-refractivity contribution in [3.63, 3.8) is 0 Å². The van der Waals surface area contributed by atoms with Crippen molar-refractivity contribution >= 4 is 17.3 Å². The molecule has 0 aliphatic rings. The maximum absolute atomic E-state index is 10.9. The molecular weight excluding hydrogens is 254 g/mol.